The number of nitrogens with zero attached hydrogens (tertiary/aromatic N) is 2. The zero-order valence-corrected chi connectivity index (χ0v) is 19.5. The largest absolute Gasteiger partial charge is 0.371 e. The molecule has 0 atom stereocenters. The van der Waals surface area contributed by atoms with Crippen LogP contribution in [-0.4, -0.2) is 33.6 Å². The third-order valence-electron chi connectivity index (χ3n) is 4.99. The van der Waals surface area contributed by atoms with Gasteiger partial charge >= 0.3 is 0 Å². The number of halogens is 1. The molecule has 0 unspecified atom stereocenters. The second-order valence-corrected chi connectivity index (χ2v) is 10.7. The van der Waals surface area contributed by atoms with Gasteiger partial charge in [-0.2, -0.15) is 0 Å². The fraction of sp³-hybridized carbons (Fsp3) is 0.182. The molecule has 1 aromatic heterocycles. The number of hydrogen-bond donors (Lipinski definition) is 1. The molecule has 0 saturated carbocycles. The number of amides is 1. The van der Waals surface area contributed by atoms with Crippen molar-refractivity contribution in [2.75, 3.05) is 18.0 Å². The number of likely N-dealkylation sites (N-methyl/N-ethyl adjacent to an activating group) is 1. The molecule has 2 heterocycles. The number of benzene rings is 2. The highest BCUT2D eigenvalue weighted by Crippen LogP contribution is 2.28. The van der Waals surface area contributed by atoms with E-state index in [1.807, 2.05) is 10.8 Å². The van der Waals surface area contributed by atoms with Gasteiger partial charge in [-0.1, -0.05) is 22.8 Å². The van der Waals surface area contributed by atoms with Gasteiger partial charge in [-0.05, 0) is 73.0 Å². The average Bonchev–Trinajstić information content (AvgIpc) is 3.40. The van der Waals surface area contributed by atoms with Gasteiger partial charge in [0.25, 0.3) is 15.9 Å². The van der Waals surface area contributed by atoms with Gasteiger partial charge in [0.05, 0.1) is 10.6 Å². The van der Waals surface area contributed by atoms with E-state index in [0.717, 1.165) is 36.4 Å². The fourth-order valence-electron chi connectivity index (χ4n) is 3.39. The van der Waals surface area contributed by atoms with Crippen LogP contribution in [0.3, 0.4) is 0 Å². The first-order valence-electron chi connectivity index (χ1n) is 9.86. The Kier molecular flexibility index (Phi) is 6.50. The maximum Gasteiger partial charge on any atom is 0.273 e. The van der Waals surface area contributed by atoms with Crippen LogP contribution in [-0.2, 0) is 16.4 Å². The molecule has 0 saturated heterocycles. The monoisotopic (exact) mass is 489 g/mol. The fourth-order valence-corrected chi connectivity index (χ4v) is 5.84. The Bertz CT molecular complexity index is 1270. The Labute approximate surface area is 195 Å². The highest BCUT2D eigenvalue weighted by Gasteiger charge is 2.21. The van der Waals surface area contributed by atoms with Gasteiger partial charge in [-0.15, -0.1) is 11.3 Å². The van der Waals surface area contributed by atoms with Gasteiger partial charge in [0.1, 0.15) is 4.21 Å². The van der Waals surface area contributed by atoms with Crippen molar-refractivity contribution in [1.29, 1.82) is 0 Å². The van der Waals surface area contributed by atoms with E-state index in [4.69, 9.17) is 16.4 Å². The summed E-state index contributed by atoms with van der Waals surface area (Å²) in [7, 11) is -3.97. The first kappa shape index (κ1) is 22.3. The standard InChI is InChI=1S/C22H20ClN3O4S2/c1-2-26-12-11-17-13-15(3-8-19(17)26)14-24-30-18-6-4-16(5-7-18)22(27)25-32(28,29)21-10-9-20(23)31-21/h3-10,13-14H,2,11-12H2,1H3,(H,25,27)/b24-14+. The van der Waals surface area contributed by atoms with E-state index in [1.165, 1.54) is 35.5 Å². The Morgan fingerprint density at radius 1 is 1.22 bits per heavy atom. The SMILES string of the molecule is CCN1CCc2cc(/C=N/Oc3ccc(C(=O)NS(=O)(=O)c4ccc(Cl)s4)cc3)ccc21. The molecule has 1 aliphatic heterocycles. The molecule has 4 rings (SSSR count). The van der Waals surface area contributed by atoms with Gasteiger partial charge in [-0.3, -0.25) is 4.79 Å². The first-order chi connectivity index (χ1) is 15.4. The lowest BCUT2D eigenvalue weighted by molar-refractivity contribution is 0.0981. The van der Waals surface area contributed by atoms with Crippen molar-refractivity contribution in [1.82, 2.24) is 4.72 Å². The molecule has 32 heavy (non-hydrogen) atoms. The summed E-state index contributed by atoms with van der Waals surface area (Å²) in [5.74, 6) is -0.326. The summed E-state index contributed by atoms with van der Waals surface area (Å²) in [6, 6.07) is 15.0. The van der Waals surface area contributed by atoms with E-state index in [-0.39, 0.29) is 9.77 Å². The number of fused-ring (bicyclic) bond motifs is 1. The van der Waals surface area contributed by atoms with Crippen molar-refractivity contribution in [2.24, 2.45) is 5.16 Å². The molecule has 0 bridgehead atoms. The Hall–Kier alpha value is -2.88. The normalized spacial score (nSPS) is 13.4. The van der Waals surface area contributed by atoms with Crippen LogP contribution in [0, 0.1) is 0 Å². The van der Waals surface area contributed by atoms with Crippen molar-refractivity contribution >= 4 is 50.8 Å². The number of thiophene rings is 1. The topological polar surface area (TPSA) is 88.1 Å². The molecule has 3 aromatic rings. The lowest BCUT2D eigenvalue weighted by Gasteiger charge is -2.16. The van der Waals surface area contributed by atoms with E-state index in [1.54, 1.807) is 18.3 Å². The van der Waals surface area contributed by atoms with Gasteiger partial charge in [0, 0.05) is 24.3 Å². The highest BCUT2D eigenvalue weighted by atomic mass is 35.5. The number of carbonyl (C=O) groups excluding carboxylic acids is 1. The van der Waals surface area contributed by atoms with Crippen molar-refractivity contribution < 1.29 is 18.0 Å². The van der Waals surface area contributed by atoms with Crippen LogP contribution in [0.15, 0.2) is 64.0 Å². The van der Waals surface area contributed by atoms with Crippen LogP contribution in [0.25, 0.3) is 0 Å². The number of oxime groups is 1. The summed E-state index contributed by atoms with van der Waals surface area (Å²) < 4.78 is 26.8. The predicted molar refractivity (Wildman–Crippen MR) is 127 cm³/mol. The van der Waals surface area contributed by atoms with E-state index in [9.17, 15) is 13.2 Å². The van der Waals surface area contributed by atoms with E-state index >= 15 is 0 Å². The zero-order chi connectivity index (χ0) is 22.7. The molecule has 166 valence electrons. The van der Waals surface area contributed by atoms with Crippen LogP contribution in [0.5, 0.6) is 5.75 Å². The van der Waals surface area contributed by atoms with Gasteiger partial charge < -0.3 is 9.74 Å². The van der Waals surface area contributed by atoms with E-state index < -0.39 is 15.9 Å². The molecule has 0 fully saturated rings. The third kappa shape index (κ3) is 4.95. The van der Waals surface area contributed by atoms with Gasteiger partial charge in [-0.25, -0.2) is 13.1 Å². The van der Waals surface area contributed by atoms with Crippen LogP contribution < -0.4 is 14.5 Å². The maximum absolute atomic E-state index is 12.3. The molecule has 1 amide bonds. The number of sulfonamides is 1. The number of anilines is 1. The van der Waals surface area contributed by atoms with Crippen molar-refractivity contribution in [2.45, 2.75) is 17.6 Å². The molecule has 0 aliphatic carbocycles. The molecule has 0 spiro atoms. The quantitative estimate of drug-likeness (QED) is 0.394. The minimum Gasteiger partial charge on any atom is -0.371 e. The minimum absolute atomic E-state index is 0.0286. The lowest BCUT2D eigenvalue weighted by atomic mass is 10.1. The summed E-state index contributed by atoms with van der Waals surface area (Å²) >= 11 is 6.64. The molecule has 7 nitrogen and oxygen atoms in total. The first-order valence-corrected chi connectivity index (χ1v) is 12.5. The van der Waals surface area contributed by atoms with Gasteiger partial charge in [0.15, 0.2) is 5.75 Å². The summed E-state index contributed by atoms with van der Waals surface area (Å²) in [4.78, 5) is 20.0. The lowest BCUT2D eigenvalue weighted by Crippen LogP contribution is -2.29. The summed E-state index contributed by atoms with van der Waals surface area (Å²) in [5, 5.41) is 4.01. The molecular formula is C22H20ClN3O4S2. The second kappa shape index (κ2) is 9.32. The van der Waals surface area contributed by atoms with Crippen molar-refractivity contribution in [3.05, 3.63) is 75.6 Å². The Balaban J connectivity index is 1.36. The summed E-state index contributed by atoms with van der Waals surface area (Å²) in [5.41, 5.74) is 3.68. The molecular weight excluding hydrogens is 470 g/mol. The zero-order valence-electron chi connectivity index (χ0n) is 17.1. The summed E-state index contributed by atoms with van der Waals surface area (Å²) in [6.07, 6.45) is 2.65. The predicted octanol–water partition coefficient (Wildman–Crippen LogP) is 4.32. The van der Waals surface area contributed by atoms with Crippen LogP contribution in [0.2, 0.25) is 4.34 Å². The second-order valence-electron chi connectivity index (χ2n) is 7.06. The number of nitrogens with one attached hydrogen (secondary N) is 1. The number of carbonyl (C=O) groups is 1. The van der Waals surface area contributed by atoms with Crippen molar-refractivity contribution in [3.63, 3.8) is 0 Å². The van der Waals surface area contributed by atoms with Crippen LogP contribution in [0.1, 0.15) is 28.4 Å². The Morgan fingerprint density at radius 2 is 2.00 bits per heavy atom. The Morgan fingerprint density at radius 3 is 2.69 bits per heavy atom. The molecule has 0 radical (unpaired) electrons. The molecule has 1 aliphatic rings. The van der Waals surface area contributed by atoms with E-state index in [0.29, 0.717) is 10.1 Å². The molecule has 1 N–H and O–H groups in total. The third-order valence-corrected chi connectivity index (χ3v) is 8.05. The van der Waals surface area contributed by atoms with E-state index in [2.05, 4.69) is 29.1 Å². The average molecular weight is 490 g/mol. The van der Waals surface area contributed by atoms with Crippen LogP contribution >= 0.6 is 22.9 Å². The molecule has 10 heteroatoms. The van der Waals surface area contributed by atoms with Gasteiger partial charge in [0.2, 0.25) is 0 Å². The minimum atomic E-state index is -3.97. The summed E-state index contributed by atoms with van der Waals surface area (Å²) in [6.45, 7) is 4.17. The highest BCUT2D eigenvalue weighted by molar-refractivity contribution is 7.92. The maximum atomic E-state index is 12.3. The van der Waals surface area contributed by atoms with Crippen LogP contribution in [0.4, 0.5) is 5.69 Å². The smallest absolute Gasteiger partial charge is 0.273 e. The van der Waals surface area contributed by atoms with Crippen molar-refractivity contribution in [3.8, 4) is 5.75 Å². The number of hydrogen-bond acceptors (Lipinski definition) is 7. The number of rotatable bonds is 7. The molecule has 2 aromatic carbocycles.